The van der Waals surface area contributed by atoms with Gasteiger partial charge in [-0.25, -0.2) is 0 Å². The van der Waals surface area contributed by atoms with Crippen molar-refractivity contribution < 1.29 is 9.53 Å². The molecule has 1 heterocycles. The van der Waals surface area contributed by atoms with Gasteiger partial charge < -0.3 is 25.7 Å². The molecule has 0 radical (unpaired) electrons. The summed E-state index contributed by atoms with van der Waals surface area (Å²) in [4.78, 5) is 15.2. The van der Waals surface area contributed by atoms with Gasteiger partial charge in [0.1, 0.15) is 11.4 Å². The Labute approximate surface area is 216 Å². The molecule has 0 unspecified atom stereocenters. The van der Waals surface area contributed by atoms with Crippen LogP contribution in [-0.2, 0) is 4.79 Å². The molecule has 3 N–H and O–H groups in total. The van der Waals surface area contributed by atoms with Gasteiger partial charge in [0.2, 0.25) is 5.76 Å². The molecule has 1 saturated heterocycles. The lowest BCUT2D eigenvalue weighted by Crippen LogP contribution is -2.44. The Hall–Kier alpha value is -3.26. The van der Waals surface area contributed by atoms with Crippen molar-refractivity contribution in [2.24, 2.45) is 0 Å². The van der Waals surface area contributed by atoms with E-state index in [2.05, 4.69) is 23.3 Å². The molecule has 0 saturated carbocycles. The maximum absolute atomic E-state index is 13.3. The number of hydrogen-bond acceptors (Lipinski definition) is 6. The number of nitrogens with zero attached hydrogens (tertiary/aromatic N) is 1. The fraction of sp³-hybridized carbons (Fsp3) is 0.185. The third-order valence-electron chi connectivity index (χ3n) is 5.32. The summed E-state index contributed by atoms with van der Waals surface area (Å²) < 4.78 is 6.10. The molecule has 1 aliphatic heterocycles. The van der Waals surface area contributed by atoms with Crippen LogP contribution in [0.3, 0.4) is 0 Å². The average molecular weight is 509 g/mol. The number of piperazine rings is 1. The molecule has 3 aromatic rings. The van der Waals surface area contributed by atoms with E-state index in [0.29, 0.717) is 35.2 Å². The summed E-state index contributed by atoms with van der Waals surface area (Å²) >= 11 is 9.49. The molecule has 35 heavy (non-hydrogen) atoms. The second kappa shape index (κ2) is 13.6. The SMILES string of the molecule is CS.N=C/C(=C(/Oc1ccc(-c2ccccc2)cc1)C(=O)Nc1ccc(Cl)cc1)N1CCNCC1. The van der Waals surface area contributed by atoms with Gasteiger partial charge in [0, 0.05) is 43.1 Å². The first kappa shape index (κ1) is 26.3. The maximum atomic E-state index is 13.3. The van der Waals surface area contributed by atoms with Gasteiger partial charge in [-0.05, 0) is 53.8 Å². The zero-order chi connectivity index (χ0) is 25.0. The fourth-order valence-electron chi connectivity index (χ4n) is 3.61. The lowest BCUT2D eigenvalue weighted by Gasteiger charge is -2.30. The molecular formula is C27H29ClN4O2S. The number of rotatable bonds is 7. The summed E-state index contributed by atoms with van der Waals surface area (Å²) in [6, 6.07) is 24.5. The molecule has 6 nitrogen and oxygen atoms in total. The van der Waals surface area contributed by atoms with Gasteiger partial charge in [-0.15, -0.1) is 0 Å². The Balaban J connectivity index is 0.00000167. The van der Waals surface area contributed by atoms with E-state index >= 15 is 0 Å². The Kier molecular flexibility index (Phi) is 10.2. The van der Waals surface area contributed by atoms with Gasteiger partial charge in [-0.1, -0.05) is 54.1 Å². The van der Waals surface area contributed by atoms with E-state index in [1.165, 1.54) is 6.21 Å². The predicted octanol–water partition coefficient (Wildman–Crippen LogP) is 5.34. The highest BCUT2D eigenvalue weighted by Gasteiger charge is 2.23. The van der Waals surface area contributed by atoms with E-state index < -0.39 is 5.91 Å². The van der Waals surface area contributed by atoms with Crippen LogP contribution in [0.2, 0.25) is 5.02 Å². The number of allylic oxidation sites excluding steroid dienone is 1. The lowest BCUT2D eigenvalue weighted by molar-refractivity contribution is -0.115. The molecule has 3 aromatic carbocycles. The molecule has 1 amide bonds. The number of carbonyl (C=O) groups is 1. The number of ether oxygens (including phenoxy) is 1. The van der Waals surface area contributed by atoms with Gasteiger partial charge >= 0.3 is 0 Å². The van der Waals surface area contributed by atoms with Crippen LogP contribution in [0.5, 0.6) is 5.75 Å². The van der Waals surface area contributed by atoms with Crippen LogP contribution >= 0.6 is 24.2 Å². The van der Waals surface area contributed by atoms with E-state index in [1.54, 1.807) is 30.5 Å². The smallest absolute Gasteiger partial charge is 0.293 e. The first-order valence-corrected chi connectivity index (χ1v) is 12.5. The van der Waals surface area contributed by atoms with Crippen molar-refractivity contribution in [3.63, 3.8) is 0 Å². The first-order chi connectivity index (χ1) is 17.1. The summed E-state index contributed by atoms with van der Waals surface area (Å²) in [6.45, 7) is 2.90. The van der Waals surface area contributed by atoms with E-state index in [9.17, 15) is 4.79 Å². The topological polar surface area (TPSA) is 77.5 Å². The minimum atomic E-state index is -0.429. The number of benzene rings is 3. The largest absolute Gasteiger partial charge is 0.449 e. The zero-order valence-corrected chi connectivity index (χ0v) is 21.2. The minimum Gasteiger partial charge on any atom is -0.449 e. The number of amides is 1. The summed E-state index contributed by atoms with van der Waals surface area (Å²) in [5, 5.41) is 14.7. The normalized spacial score (nSPS) is 13.6. The molecule has 4 rings (SSSR count). The molecule has 182 valence electrons. The Morgan fingerprint density at radius 3 is 2.17 bits per heavy atom. The average Bonchev–Trinajstić information content (AvgIpc) is 2.92. The van der Waals surface area contributed by atoms with Crippen LogP contribution in [-0.4, -0.2) is 49.5 Å². The van der Waals surface area contributed by atoms with Crippen LogP contribution in [0.15, 0.2) is 90.3 Å². The van der Waals surface area contributed by atoms with Crippen LogP contribution < -0.4 is 15.4 Å². The molecule has 0 bridgehead atoms. The zero-order valence-electron chi connectivity index (χ0n) is 19.5. The molecule has 8 heteroatoms. The van der Waals surface area contributed by atoms with Crippen molar-refractivity contribution in [1.29, 1.82) is 5.41 Å². The third kappa shape index (κ3) is 7.36. The summed E-state index contributed by atoms with van der Waals surface area (Å²) in [5.41, 5.74) is 3.18. The van der Waals surface area contributed by atoms with E-state index in [0.717, 1.165) is 24.2 Å². The van der Waals surface area contributed by atoms with Gasteiger partial charge in [0.05, 0.1) is 0 Å². The summed E-state index contributed by atoms with van der Waals surface area (Å²) in [7, 11) is 0. The molecule has 1 fully saturated rings. The highest BCUT2D eigenvalue weighted by atomic mass is 35.5. The van der Waals surface area contributed by atoms with Crippen molar-refractivity contribution in [3.05, 3.63) is 95.3 Å². The van der Waals surface area contributed by atoms with E-state index in [1.807, 2.05) is 59.5 Å². The van der Waals surface area contributed by atoms with Crippen molar-refractivity contribution in [2.45, 2.75) is 0 Å². The van der Waals surface area contributed by atoms with Crippen molar-refractivity contribution in [2.75, 3.05) is 37.8 Å². The van der Waals surface area contributed by atoms with Crippen molar-refractivity contribution >= 4 is 42.0 Å². The van der Waals surface area contributed by atoms with Gasteiger partial charge in [-0.3, -0.25) is 4.79 Å². The Morgan fingerprint density at radius 2 is 1.57 bits per heavy atom. The number of hydrogen-bond donors (Lipinski definition) is 4. The number of carbonyl (C=O) groups excluding carboxylic acids is 1. The van der Waals surface area contributed by atoms with Gasteiger partial charge in [0.25, 0.3) is 5.91 Å². The molecular weight excluding hydrogens is 480 g/mol. The van der Waals surface area contributed by atoms with Gasteiger partial charge in [0.15, 0.2) is 0 Å². The highest BCUT2D eigenvalue weighted by Crippen LogP contribution is 2.25. The van der Waals surface area contributed by atoms with Crippen LogP contribution in [0.25, 0.3) is 11.1 Å². The number of halogens is 1. The van der Waals surface area contributed by atoms with Crippen LogP contribution in [0.4, 0.5) is 5.69 Å². The second-order valence-corrected chi connectivity index (χ2v) is 7.99. The highest BCUT2D eigenvalue weighted by molar-refractivity contribution is 7.79. The molecule has 1 aliphatic rings. The molecule has 0 aliphatic carbocycles. The summed E-state index contributed by atoms with van der Waals surface area (Å²) in [6.07, 6.45) is 2.88. The standard InChI is InChI=1S/C26H25ClN4O2.CH4S/c27-21-8-10-22(11-9-21)30-26(32)25(24(18-28)31-16-14-29-15-17-31)33-23-12-6-20(7-13-23)19-4-2-1-3-5-19;1-2/h1-13,18,28-29H,14-17H2,(H,30,32);2H,1H3/b25-24-,28-18?;. The van der Waals surface area contributed by atoms with Crippen LogP contribution in [0, 0.1) is 5.41 Å². The van der Waals surface area contributed by atoms with Crippen molar-refractivity contribution in [3.8, 4) is 16.9 Å². The quantitative estimate of drug-likeness (QED) is 0.150. The van der Waals surface area contributed by atoms with E-state index in [4.69, 9.17) is 21.7 Å². The van der Waals surface area contributed by atoms with Gasteiger partial charge in [-0.2, -0.15) is 12.6 Å². The number of nitrogens with one attached hydrogen (secondary N) is 3. The van der Waals surface area contributed by atoms with E-state index in [-0.39, 0.29) is 5.76 Å². The maximum Gasteiger partial charge on any atom is 0.293 e. The number of thiol groups is 1. The third-order valence-corrected chi connectivity index (χ3v) is 5.57. The first-order valence-electron chi connectivity index (χ1n) is 11.2. The molecule has 0 aromatic heterocycles. The predicted molar refractivity (Wildman–Crippen MR) is 148 cm³/mol. The minimum absolute atomic E-state index is 0.0781. The lowest BCUT2D eigenvalue weighted by atomic mass is 10.1. The molecule has 0 atom stereocenters. The molecule has 0 spiro atoms. The van der Waals surface area contributed by atoms with Crippen LogP contribution in [0.1, 0.15) is 0 Å². The Morgan fingerprint density at radius 1 is 0.971 bits per heavy atom. The Bertz CT molecular complexity index is 1130. The fourth-order valence-corrected chi connectivity index (χ4v) is 3.73. The number of anilines is 1. The summed E-state index contributed by atoms with van der Waals surface area (Å²) in [5.74, 6) is 0.168. The monoisotopic (exact) mass is 508 g/mol. The second-order valence-electron chi connectivity index (χ2n) is 7.55. The van der Waals surface area contributed by atoms with Crippen molar-refractivity contribution in [1.82, 2.24) is 10.2 Å².